The van der Waals surface area contributed by atoms with E-state index in [-0.39, 0.29) is 0 Å². The van der Waals surface area contributed by atoms with Crippen LogP contribution < -0.4 is 0 Å². The first-order chi connectivity index (χ1) is 5.76. The highest BCUT2D eigenvalue weighted by atomic mass is 16.3. The first kappa shape index (κ1) is 8.55. The lowest BCUT2D eigenvalue weighted by molar-refractivity contribution is 0.193. The summed E-state index contributed by atoms with van der Waals surface area (Å²) in [5, 5.41) is 9.12. The molecule has 0 saturated heterocycles. The predicted octanol–water partition coefficient (Wildman–Crippen LogP) is 2.59. The SMILES string of the molecule is CC(CCC1(CO)CC1)C1CC1. The Labute approximate surface area is 75.2 Å². The highest BCUT2D eigenvalue weighted by Crippen LogP contribution is 2.51. The lowest BCUT2D eigenvalue weighted by atomic mass is 9.92. The van der Waals surface area contributed by atoms with Gasteiger partial charge in [-0.15, -0.1) is 0 Å². The van der Waals surface area contributed by atoms with E-state index in [1.54, 1.807) is 0 Å². The summed E-state index contributed by atoms with van der Waals surface area (Å²) in [6.45, 7) is 2.81. The molecular weight excluding hydrogens is 148 g/mol. The highest BCUT2D eigenvalue weighted by Gasteiger charge is 2.42. The molecule has 12 heavy (non-hydrogen) atoms. The summed E-state index contributed by atoms with van der Waals surface area (Å²) in [7, 11) is 0. The Balaban J connectivity index is 1.67. The summed E-state index contributed by atoms with van der Waals surface area (Å²) in [4.78, 5) is 0. The molecule has 1 unspecified atom stereocenters. The average Bonchev–Trinajstić information content (AvgIpc) is 2.94. The molecule has 0 heterocycles. The van der Waals surface area contributed by atoms with Gasteiger partial charge in [-0.2, -0.15) is 0 Å². The first-order valence-corrected chi connectivity index (χ1v) is 5.37. The van der Waals surface area contributed by atoms with Gasteiger partial charge in [-0.25, -0.2) is 0 Å². The van der Waals surface area contributed by atoms with Crippen LogP contribution in [0.3, 0.4) is 0 Å². The van der Waals surface area contributed by atoms with Crippen LogP contribution in [0.5, 0.6) is 0 Å². The van der Waals surface area contributed by atoms with Gasteiger partial charge < -0.3 is 5.11 Å². The van der Waals surface area contributed by atoms with Crippen LogP contribution in [0.4, 0.5) is 0 Å². The zero-order valence-corrected chi connectivity index (χ0v) is 8.05. The Morgan fingerprint density at radius 2 is 2.08 bits per heavy atom. The van der Waals surface area contributed by atoms with Crippen LogP contribution in [0.25, 0.3) is 0 Å². The van der Waals surface area contributed by atoms with Gasteiger partial charge in [0.25, 0.3) is 0 Å². The quantitative estimate of drug-likeness (QED) is 0.669. The normalized spacial score (nSPS) is 28.5. The van der Waals surface area contributed by atoms with Crippen LogP contribution in [0.2, 0.25) is 0 Å². The molecule has 0 aromatic carbocycles. The Bertz CT molecular complexity index is 156. The minimum Gasteiger partial charge on any atom is -0.396 e. The van der Waals surface area contributed by atoms with E-state index in [0.29, 0.717) is 12.0 Å². The van der Waals surface area contributed by atoms with Gasteiger partial charge in [0, 0.05) is 6.61 Å². The van der Waals surface area contributed by atoms with Gasteiger partial charge in [-0.1, -0.05) is 6.92 Å². The van der Waals surface area contributed by atoms with Crippen molar-refractivity contribution in [2.75, 3.05) is 6.61 Å². The van der Waals surface area contributed by atoms with Crippen LogP contribution in [0.1, 0.15) is 45.4 Å². The molecule has 0 bridgehead atoms. The van der Waals surface area contributed by atoms with Gasteiger partial charge in [0.1, 0.15) is 0 Å². The number of hydrogen-bond donors (Lipinski definition) is 1. The van der Waals surface area contributed by atoms with E-state index >= 15 is 0 Å². The molecule has 2 fully saturated rings. The van der Waals surface area contributed by atoms with E-state index in [1.165, 1.54) is 38.5 Å². The standard InChI is InChI=1S/C11H20O/c1-9(10-2-3-10)4-5-11(8-12)6-7-11/h9-10,12H,2-8H2,1H3. The molecule has 2 aliphatic carbocycles. The van der Waals surface area contributed by atoms with Gasteiger partial charge in [0.15, 0.2) is 0 Å². The van der Waals surface area contributed by atoms with E-state index < -0.39 is 0 Å². The predicted molar refractivity (Wildman–Crippen MR) is 49.9 cm³/mol. The van der Waals surface area contributed by atoms with Gasteiger partial charge in [0.05, 0.1) is 0 Å². The summed E-state index contributed by atoms with van der Waals surface area (Å²) in [6.07, 6.45) is 8.12. The molecule has 1 atom stereocenters. The van der Waals surface area contributed by atoms with Crippen molar-refractivity contribution in [1.29, 1.82) is 0 Å². The fraction of sp³-hybridized carbons (Fsp3) is 1.00. The largest absolute Gasteiger partial charge is 0.396 e. The lowest BCUT2D eigenvalue weighted by Gasteiger charge is -2.15. The van der Waals surface area contributed by atoms with Crippen molar-refractivity contribution in [2.24, 2.45) is 17.3 Å². The number of rotatable bonds is 5. The fourth-order valence-corrected chi connectivity index (χ4v) is 2.10. The minimum absolute atomic E-state index is 0.392. The second-order valence-corrected chi connectivity index (χ2v) is 5.01. The third kappa shape index (κ3) is 1.82. The van der Waals surface area contributed by atoms with Crippen molar-refractivity contribution in [3.05, 3.63) is 0 Å². The molecular formula is C11H20O. The first-order valence-electron chi connectivity index (χ1n) is 5.37. The second-order valence-electron chi connectivity index (χ2n) is 5.01. The van der Waals surface area contributed by atoms with Crippen molar-refractivity contribution in [1.82, 2.24) is 0 Å². The molecule has 2 rings (SSSR count). The van der Waals surface area contributed by atoms with E-state index in [0.717, 1.165) is 11.8 Å². The third-order valence-electron chi connectivity index (χ3n) is 3.85. The van der Waals surface area contributed by atoms with Crippen molar-refractivity contribution < 1.29 is 5.11 Å². The molecule has 1 nitrogen and oxygen atoms in total. The summed E-state index contributed by atoms with van der Waals surface area (Å²) in [5.74, 6) is 1.97. The van der Waals surface area contributed by atoms with Crippen molar-refractivity contribution >= 4 is 0 Å². The highest BCUT2D eigenvalue weighted by molar-refractivity contribution is 4.93. The molecule has 70 valence electrons. The molecule has 0 spiro atoms. The zero-order chi connectivity index (χ0) is 8.60. The van der Waals surface area contributed by atoms with Gasteiger partial charge in [0.2, 0.25) is 0 Å². The summed E-state index contributed by atoms with van der Waals surface area (Å²) >= 11 is 0. The van der Waals surface area contributed by atoms with Gasteiger partial charge in [-0.05, 0) is 55.8 Å². The number of hydrogen-bond acceptors (Lipinski definition) is 1. The molecule has 1 N–H and O–H groups in total. The Morgan fingerprint density at radius 1 is 1.42 bits per heavy atom. The van der Waals surface area contributed by atoms with E-state index in [1.807, 2.05) is 0 Å². The van der Waals surface area contributed by atoms with E-state index in [9.17, 15) is 0 Å². The molecule has 0 aromatic heterocycles. The summed E-state index contributed by atoms with van der Waals surface area (Å²) < 4.78 is 0. The third-order valence-corrected chi connectivity index (χ3v) is 3.85. The topological polar surface area (TPSA) is 20.2 Å². The number of aliphatic hydroxyl groups excluding tert-OH is 1. The Morgan fingerprint density at radius 3 is 2.50 bits per heavy atom. The maximum Gasteiger partial charge on any atom is 0.0487 e. The van der Waals surface area contributed by atoms with Crippen LogP contribution in [-0.4, -0.2) is 11.7 Å². The molecule has 0 amide bonds. The van der Waals surface area contributed by atoms with Crippen LogP contribution in [0.15, 0.2) is 0 Å². The fourth-order valence-electron chi connectivity index (χ4n) is 2.10. The van der Waals surface area contributed by atoms with Gasteiger partial charge in [-0.3, -0.25) is 0 Å². The Hall–Kier alpha value is -0.0400. The smallest absolute Gasteiger partial charge is 0.0487 e. The van der Waals surface area contributed by atoms with Crippen LogP contribution in [0, 0.1) is 17.3 Å². The second kappa shape index (κ2) is 3.02. The molecule has 0 radical (unpaired) electrons. The van der Waals surface area contributed by atoms with Gasteiger partial charge >= 0.3 is 0 Å². The van der Waals surface area contributed by atoms with E-state index in [2.05, 4.69) is 6.92 Å². The molecule has 1 heteroatoms. The Kier molecular flexibility index (Phi) is 2.16. The van der Waals surface area contributed by atoms with E-state index in [4.69, 9.17) is 5.11 Å². The van der Waals surface area contributed by atoms with Crippen molar-refractivity contribution in [3.63, 3.8) is 0 Å². The maximum absolute atomic E-state index is 9.12. The average molecular weight is 168 g/mol. The van der Waals surface area contributed by atoms with Crippen LogP contribution in [-0.2, 0) is 0 Å². The summed E-state index contributed by atoms with van der Waals surface area (Å²) in [6, 6.07) is 0. The molecule has 2 aliphatic rings. The lowest BCUT2D eigenvalue weighted by Crippen LogP contribution is -2.09. The van der Waals surface area contributed by atoms with Crippen molar-refractivity contribution in [3.8, 4) is 0 Å². The minimum atomic E-state index is 0.392. The zero-order valence-electron chi connectivity index (χ0n) is 8.05. The molecule has 2 saturated carbocycles. The monoisotopic (exact) mass is 168 g/mol. The maximum atomic E-state index is 9.12. The summed E-state index contributed by atoms with van der Waals surface area (Å²) in [5.41, 5.74) is 0.392. The molecule has 0 aliphatic heterocycles. The molecule has 0 aromatic rings. The van der Waals surface area contributed by atoms with Crippen LogP contribution >= 0.6 is 0 Å². The van der Waals surface area contributed by atoms with Crippen molar-refractivity contribution in [2.45, 2.75) is 45.4 Å². The number of aliphatic hydroxyl groups is 1.